The lowest BCUT2D eigenvalue weighted by Crippen LogP contribution is -2.29. The minimum absolute atomic E-state index is 0.0770. The van der Waals surface area contributed by atoms with Gasteiger partial charge in [0.15, 0.2) is 11.9 Å². The van der Waals surface area contributed by atoms with Crippen LogP contribution >= 0.6 is 0 Å². The highest BCUT2D eigenvalue weighted by Gasteiger charge is 2.16. The van der Waals surface area contributed by atoms with Gasteiger partial charge in [0.25, 0.3) is 5.91 Å². The molecule has 0 spiro atoms. The van der Waals surface area contributed by atoms with Gasteiger partial charge in [-0.2, -0.15) is 0 Å². The summed E-state index contributed by atoms with van der Waals surface area (Å²) in [6, 6.07) is 12.3. The van der Waals surface area contributed by atoms with Crippen molar-refractivity contribution in [2.24, 2.45) is 0 Å². The topological polar surface area (TPSA) is 72.5 Å². The van der Waals surface area contributed by atoms with Crippen molar-refractivity contribution in [1.82, 2.24) is 0 Å². The van der Waals surface area contributed by atoms with Crippen LogP contribution in [0.25, 0.3) is 6.08 Å². The van der Waals surface area contributed by atoms with Gasteiger partial charge in [-0.15, -0.1) is 0 Å². The van der Waals surface area contributed by atoms with Crippen molar-refractivity contribution in [3.63, 3.8) is 0 Å². The van der Waals surface area contributed by atoms with E-state index in [4.69, 9.17) is 4.74 Å². The molecule has 0 saturated heterocycles. The first-order valence-electron chi connectivity index (χ1n) is 7.92. The highest BCUT2D eigenvalue weighted by atomic mass is 19.1. The maximum atomic E-state index is 13.5. The normalized spacial score (nSPS) is 11.8. The van der Waals surface area contributed by atoms with Crippen LogP contribution in [0.4, 0.5) is 10.1 Å². The lowest BCUT2D eigenvalue weighted by molar-refractivity contribution is -0.148. The van der Waals surface area contributed by atoms with Gasteiger partial charge in [0, 0.05) is 22.9 Å². The Balaban J connectivity index is 1.90. The van der Waals surface area contributed by atoms with E-state index < -0.39 is 23.8 Å². The number of anilines is 1. The van der Waals surface area contributed by atoms with Gasteiger partial charge in [-0.1, -0.05) is 18.2 Å². The van der Waals surface area contributed by atoms with Crippen LogP contribution in [0.5, 0.6) is 0 Å². The largest absolute Gasteiger partial charge is 0.449 e. The second kappa shape index (κ2) is 8.71. The molecule has 5 nitrogen and oxygen atoms in total. The molecule has 0 fully saturated rings. The van der Waals surface area contributed by atoms with Crippen molar-refractivity contribution in [3.05, 3.63) is 71.6 Å². The fourth-order valence-electron chi connectivity index (χ4n) is 2.07. The van der Waals surface area contributed by atoms with Gasteiger partial charge in [-0.25, -0.2) is 9.18 Å². The van der Waals surface area contributed by atoms with E-state index in [9.17, 15) is 18.8 Å². The molecule has 0 unspecified atom stereocenters. The van der Waals surface area contributed by atoms with Crippen LogP contribution < -0.4 is 5.32 Å². The van der Waals surface area contributed by atoms with Crippen LogP contribution in [-0.2, 0) is 14.3 Å². The number of carbonyl (C=O) groups is 3. The molecule has 0 saturated carbocycles. The molecule has 1 amide bonds. The Hall–Kier alpha value is -3.28. The molecule has 0 aliphatic rings. The van der Waals surface area contributed by atoms with Crippen LogP contribution in [0, 0.1) is 5.82 Å². The van der Waals surface area contributed by atoms with E-state index in [1.165, 1.54) is 32.1 Å². The number of nitrogens with one attached hydrogen (secondary N) is 1. The maximum Gasteiger partial charge on any atom is 0.331 e. The fourth-order valence-corrected chi connectivity index (χ4v) is 2.07. The molecule has 2 rings (SSSR count). The summed E-state index contributed by atoms with van der Waals surface area (Å²) in [6.07, 6.45) is 1.30. The quantitative estimate of drug-likeness (QED) is 0.488. The molecule has 0 aliphatic carbocycles. The molecule has 0 radical (unpaired) electrons. The molecule has 2 aromatic carbocycles. The Labute approximate surface area is 150 Å². The van der Waals surface area contributed by atoms with Crippen LogP contribution in [-0.4, -0.2) is 23.8 Å². The van der Waals surface area contributed by atoms with Crippen molar-refractivity contribution in [2.45, 2.75) is 20.0 Å². The number of hydrogen-bond donors (Lipinski definition) is 1. The number of benzene rings is 2. The first-order chi connectivity index (χ1) is 12.4. The highest BCUT2D eigenvalue weighted by molar-refractivity contribution is 5.98. The summed E-state index contributed by atoms with van der Waals surface area (Å²) in [5.41, 5.74) is 1.25. The van der Waals surface area contributed by atoms with E-state index in [2.05, 4.69) is 5.32 Å². The molecular weight excluding hydrogens is 337 g/mol. The fraction of sp³-hybridized carbons (Fsp3) is 0.150. The van der Waals surface area contributed by atoms with Crippen LogP contribution in [0.1, 0.15) is 29.8 Å². The van der Waals surface area contributed by atoms with Crippen molar-refractivity contribution < 1.29 is 23.5 Å². The van der Waals surface area contributed by atoms with E-state index in [-0.39, 0.29) is 11.3 Å². The number of amides is 1. The molecule has 26 heavy (non-hydrogen) atoms. The molecule has 134 valence electrons. The first kappa shape index (κ1) is 19.1. The van der Waals surface area contributed by atoms with Gasteiger partial charge < -0.3 is 10.1 Å². The molecule has 2 aromatic rings. The maximum absolute atomic E-state index is 13.5. The van der Waals surface area contributed by atoms with Gasteiger partial charge in [0.05, 0.1) is 0 Å². The summed E-state index contributed by atoms with van der Waals surface area (Å²) in [5.74, 6) is -1.82. The predicted molar refractivity (Wildman–Crippen MR) is 96.1 cm³/mol. The average molecular weight is 355 g/mol. The number of halogens is 1. The number of hydrogen-bond acceptors (Lipinski definition) is 4. The van der Waals surface area contributed by atoms with E-state index in [1.807, 2.05) is 0 Å². The van der Waals surface area contributed by atoms with E-state index >= 15 is 0 Å². The third-order valence-corrected chi connectivity index (χ3v) is 3.53. The Morgan fingerprint density at radius 3 is 2.35 bits per heavy atom. The molecule has 0 aliphatic heterocycles. The number of ether oxygens (including phenoxy) is 1. The Morgan fingerprint density at radius 2 is 1.73 bits per heavy atom. The van der Waals surface area contributed by atoms with Crippen molar-refractivity contribution in [2.75, 3.05) is 5.32 Å². The smallest absolute Gasteiger partial charge is 0.331 e. The standard InChI is InChI=1S/C20H18FNO4/c1-13(23)15-7-10-17(11-8-15)22-20(25)14(2)26-19(24)12-9-16-5-3-4-6-18(16)21/h3-12,14H,1-2H3,(H,22,25)/b12-9+/t14-/m0/s1. The molecule has 0 heterocycles. The number of rotatable bonds is 6. The van der Waals surface area contributed by atoms with Crippen LogP contribution in [0.15, 0.2) is 54.6 Å². The third-order valence-electron chi connectivity index (χ3n) is 3.53. The minimum atomic E-state index is -1.04. The summed E-state index contributed by atoms with van der Waals surface area (Å²) in [6.45, 7) is 2.87. The van der Waals surface area contributed by atoms with E-state index in [0.717, 1.165) is 6.08 Å². The zero-order valence-electron chi connectivity index (χ0n) is 14.4. The molecule has 0 bridgehead atoms. The van der Waals surface area contributed by atoms with Gasteiger partial charge in [-0.05, 0) is 50.3 Å². The third kappa shape index (κ3) is 5.37. The number of Topliss-reactive ketones (excluding diaryl/α,β-unsaturated/α-hetero) is 1. The molecule has 0 aromatic heterocycles. The van der Waals surface area contributed by atoms with Gasteiger partial charge in [0.1, 0.15) is 5.82 Å². The second-order valence-corrected chi connectivity index (χ2v) is 5.56. The zero-order chi connectivity index (χ0) is 19.1. The summed E-state index contributed by atoms with van der Waals surface area (Å²) >= 11 is 0. The summed E-state index contributed by atoms with van der Waals surface area (Å²) in [5, 5.41) is 2.58. The van der Waals surface area contributed by atoms with Crippen molar-refractivity contribution >= 4 is 29.4 Å². The van der Waals surface area contributed by atoms with Gasteiger partial charge in [-0.3, -0.25) is 9.59 Å². The lowest BCUT2D eigenvalue weighted by Gasteiger charge is -2.12. The summed E-state index contributed by atoms with van der Waals surface area (Å²) in [7, 11) is 0. The Kier molecular flexibility index (Phi) is 6.38. The van der Waals surface area contributed by atoms with Crippen LogP contribution in [0.3, 0.4) is 0 Å². The van der Waals surface area contributed by atoms with E-state index in [1.54, 1.807) is 36.4 Å². The van der Waals surface area contributed by atoms with Gasteiger partial charge in [0.2, 0.25) is 0 Å². The van der Waals surface area contributed by atoms with Gasteiger partial charge >= 0.3 is 5.97 Å². The summed E-state index contributed by atoms with van der Waals surface area (Å²) in [4.78, 5) is 35.0. The summed E-state index contributed by atoms with van der Waals surface area (Å²) < 4.78 is 18.5. The average Bonchev–Trinajstić information content (AvgIpc) is 2.61. The Bertz CT molecular complexity index is 843. The minimum Gasteiger partial charge on any atom is -0.449 e. The highest BCUT2D eigenvalue weighted by Crippen LogP contribution is 2.12. The van der Waals surface area contributed by atoms with Crippen molar-refractivity contribution in [1.29, 1.82) is 0 Å². The molecule has 6 heteroatoms. The van der Waals surface area contributed by atoms with Crippen LogP contribution in [0.2, 0.25) is 0 Å². The first-order valence-corrected chi connectivity index (χ1v) is 7.92. The molecule has 1 N–H and O–H groups in total. The van der Waals surface area contributed by atoms with Crippen molar-refractivity contribution in [3.8, 4) is 0 Å². The second-order valence-electron chi connectivity index (χ2n) is 5.56. The lowest BCUT2D eigenvalue weighted by atomic mass is 10.1. The Morgan fingerprint density at radius 1 is 1.08 bits per heavy atom. The monoisotopic (exact) mass is 355 g/mol. The SMILES string of the molecule is CC(=O)c1ccc(NC(=O)[C@H](C)OC(=O)/C=C/c2ccccc2F)cc1. The van der Waals surface area contributed by atoms with E-state index in [0.29, 0.717) is 11.3 Å². The molecular formula is C20H18FNO4. The number of esters is 1. The molecule has 1 atom stereocenters. The number of carbonyl (C=O) groups excluding carboxylic acids is 3. The predicted octanol–water partition coefficient (Wildman–Crippen LogP) is 3.61. The zero-order valence-corrected chi connectivity index (χ0v) is 14.4. The number of ketones is 1.